The molecule has 36 heavy (non-hydrogen) atoms. The van der Waals surface area contributed by atoms with E-state index in [1.54, 1.807) is 44.2 Å². The number of rotatable bonds is 10. The molecule has 13 nitrogen and oxygen atoms in total. The molecule has 0 bridgehead atoms. The molecule has 1 fully saturated rings. The molecule has 5 atom stereocenters. The van der Waals surface area contributed by atoms with E-state index in [0.29, 0.717) is 0 Å². The summed E-state index contributed by atoms with van der Waals surface area (Å²) in [6, 6.07) is 8.47. The summed E-state index contributed by atoms with van der Waals surface area (Å²) in [5.41, 5.74) is 7.72. The molecule has 1 aromatic carbocycles. The maximum atomic E-state index is 13.7. The average molecular weight is 525 g/mol. The largest absolute Gasteiger partial charge is 0.462 e. The third-order valence-corrected chi connectivity index (χ3v) is 7.22. The number of para-hydroxylation sites is 1. The number of aliphatic hydroxyl groups is 1. The molecule has 1 aromatic heterocycles. The molecule has 0 radical (unpaired) electrons. The van der Waals surface area contributed by atoms with Crippen molar-refractivity contribution in [3.05, 3.63) is 53.1 Å². The van der Waals surface area contributed by atoms with Gasteiger partial charge in [-0.3, -0.25) is 13.9 Å². The van der Waals surface area contributed by atoms with Gasteiger partial charge in [0.15, 0.2) is 6.23 Å². The second kappa shape index (κ2) is 10.7. The normalized spacial score (nSPS) is 26.4. The van der Waals surface area contributed by atoms with Crippen LogP contribution in [0.1, 0.15) is 33.9 Å². The van der Waals surface area contributed by atoms with Gasteiger partial charge in [0.2, 0.25) is 0 Å². The minimum Gasteiger partial charge on any atom is -0.462 e. The van der Waals surface area contributed by atoms with Crippen LogP contribution in [0, 0.1) is 0 Å². The number of nitrogens with zero attached hydrogens (tertiary/aromatic N) is 2. The smallest absolute Gasteiger partial charge is 0.459 e. The van der Waals surface area contributed by atoms with E-state index in [4.69, 9.17) is 30.0 Å². The van der Waals surface area contributed by atoms with Crippen LogP contribution in [0.25, 0.3) is 0 Å². The minimum atomic E-state index is -4.27. The number of nitrogens with two attached hydrogens (primary N) is 2. The van der Waals surface area contributed by atoms with Crippen molar-refractivity contribution in [3.63, 3.8) is 0 Å². The van der Waals surface area contributed by atoms with Gasteiger partial charge in [0, 0.05) is 6.20 Å². The standard InChI is InChI=1S/C22H32N5O8P/c1-14(2)34-18(28)15(3)26-36(31,35-16-8-6-5-7-9-16)33-13-22(30)12-32-19(21(22,4)24)27-11-10-17(23)25-20(27)29/h5-11,14-15,19,30H,12-13,24H2,1-4H3,(H,26,31)(H2,23,25,29). The number of nitrogen functional groups attached to an aromatic ring is 1. The van der Waals surface area contributed by atoms with E-state index >= 15 is 0 Å². The Hall–Kier alpha value is -2.80. The number of aromatic nitrogens is 2. The molecule has 1 aliphatic rings. The lowest BCUT2D eigenvalue weighted by Crippen LogP contribution is -2.62. The number of esters is 1. The van der Waals surface area contributed by atoms with Crippen molar-refractivity contribution < 1.29 is 33.0 Å². The number of ether oxygens (including phenoxy) is 2. The Kier molecular flexibility index (Phi) is 8.23. The van der Waals surface area contributed by atoms with Crippen LogP contribution in [0.4, 0.5) is 5.82 Å². The average Bonchev–Trinajstić information content (AvgIpc) is 3.02. The van der Waals surface area contributed by atoms with Gasteiger partial charge in [-0.1, -0.05) is 18.2 Å². The van der Waals surface area contributed by atoms with Crippen LogP contribution in [-0.4, -0.2) is 57.1 Å². The fraction of sp³-hybridized carbons (Fsp3) is 0.500. The lowest BCUT2D eigenvalue weighted by molar-refractivity contribution is -0.149. The van der Waals surface area contributed by atoms with Crippen molar-refractivity contribution in [2.45, 2.75) is 57.2 Å². The maximum absolute atomic E-state index is 13.7. The van der Waals surface area contributed by atoms with Crippen LogP contribution in [0.2, 0.25) is 0 Å². The fourth-order valence-corrected chi connectivity index (χ4v) is 5.01. The van der Waals surface area contributed by atoms with Crippen molar-refractivity contribution in [2.75, 3.05) is 18.9 Å². The van der Waals surface area contributed by atoms with E-state index in [2.05, 4.69) is 10.1 Å². The highest BCUT2D eigenvalue weighted by Gasteiger charge is 2.58. The number of benzene rings is 1. The number of hydrogen-bond donors (Lipinski definition) is 4. The van der Waals surface area contributed by atoms with E-state index in [1.165, 1.54) is 26.1 Å². The molecule has 5 unspecified atom stereocenters. The zero-order valence-corrected chi connectivity index (χ0v) is 21.4. The topological polar surface area (TPSA) is 190 Å². The Morgan fingerprint density at radius 2 is 2.00 bits per heavy atom. The molecular formula is C22H32N5O8P. The van der Waals surface area contributed by atoms with E-state index in [-0.39, 0.29) is 18.2 Å². The molecule has 1 saturated heterocycles. The number of carbonyl (C=O) groups is 1. The number of nitrogens with one attached hydrogen (secondary N) is 1. The molecule has 0 aliphatic carbocycles. The summed E-state index contributed by atoms with van der Waals surface area (Å²) in [7, 11) is -4.27. The van der Waals surface area contributed by atoms with Crippen molar-refractivity contribution >= 4 is 19.5 Å². The second-order valence-electron chi connectivity index (χ2n) is 9.03. The van der Waals surface area contributed by atoms with Crippen LogP contribution >= 0.6 is 7.75 Å². The van der Waals surface area contributed by atoms with E-state index in [0.717, 1.165) is 4.57 Å². The summed E-state index contributed by atoms with van der Waals surface area (Å²) in [5, 5.41) is 13.9. The van der Waals surface area contributed by atoms with Gasteiger partial charge in [-0.2, -0.15) is 10.1 Å². The molecule has 0 amide bonds. The maximum Gasteiger partial charge on any atom is 0.459 e. The SMILES string of the molecule is CC(C)OC(=O)C(C)NP(=O)(OCC1(O)COC(n2ccc(N)nc2=O)C1(C)N)Oc1ccccc1. The molecule has 0 spiro atoms. The molecule has 198 valence electrons. The predicted molar refractivity (Wildman–Crippen MR) is 130 cm³/mol. The van der Waals surface area contributed by atoms with Gasteiger partial charge in [0.25, 0.3) is 0 Å². The van der Waals surface area contributed by atoms with Gasteiger partial charge < -0.3 is 30.6 Å². The zero-order chi connectivity index (χ0) is 26.7. The van der Waals surface area contributed by atoms with Crippen LogP contribution < -0.4 is 26.8 Å². The van der Waals surface area contributed by atoms with Gasteiger partial charge in [0.1, 0.15) is 23.2 Å². The molecule has 3 rings (SSSR count). The third kappa shape index (κ3) is 6.12. The van der Waals surface area contributed by atoms with Gasteiger partial charge in [0.05, 0.1) is 24.9 Å². The predicted octanol–water partition coefficient (Wildman–Crippen LogP) is 0.936. The van der Waals surface area contributed by atoms with Crippen molar-refractivity contribution in [3.8, 4) is 5.75 Å². The highest BCUT2D eigenvalue weighted by Crippen LogP contribution is 2.48. The van der Waals surface area contributed by atoms with Gasteiger partial charge in [-0.25, -0.2) is 9.36 Å². The Morgan fingerprint density at radius 3 is 2.61 bits per heavy atom. The lowest BCUT2D eigenvalue weighted by Gasteiger charge is -2.37. The summed E-state index contributed by atoms with van der Waals surface area (Å²) in [6.07, 6.45) is -0.177. The van der Waals surface area contributed by atoms with E-state index in [1.807, 2.05) is 0 Å². The van der Waals surface area contributed by atoms with Gasteiger partial charge in [-0.05, 0) is 45.9 Å². The molecule has 6 N–H and O–H groups in total. The van der Waals surface area contributed by atoms with E-state index in [9.17, 15) is 19.3 Å². The van der Waals surface area contributed by atoms with Crippen LogP contribution in [0.3, 0.4) is 0 Å². The quantitative estimate of drug-likeness (QED) is 0.254. The van der Waals surface area contributed by atoms with Crippen LogP contribution in [0.15, 0.2) is 47.4 Å². The summed E-state index contributed by atoms with van der Waals surface area (Å²) in [4.78, 5) is 28.3. The first-order valence-corrected chi connectivity index (χ1v) is 12.8. The lowest BCUT2D eigenvalue weighted by atomic mass is 9.84. The van der Waals surface area contributed by atoms with Gasteiger partial charge in [-0.15, -0.1) is 0 Å². The third-order valence-electron chi connectivity index (χ3n) is 5.60. The highest BCUT2D eigenvalue weighted by molar-refractivity contribution is 7.52. The number of carbonyl (C=O) groups excluding carboxylic acids is 1. The first-order valence-electron chi connectivity index (χ1n) is 11.2. The molecule has 14 heteroatoms. The highest BCUT2D eigenvalue weighted by atomic mass is 31.2. The summed E-state index contributed by atoms with van der Waals surface area (Å²) < 4.78 is 36.8. The minimum absolute atomic E-state index is 0.0155. The second-order valence-corrected chi connectivity index (χ2v) is 10.7. The van der Waals surface area contributed by atoms with Gasteiger partial charge >= 0.3 is 19.4 Å². The summed E-state index contributed by atoms with van der Waals surface area (Å²) in [6.45, 7) is 5.25. The van der Waals surface area contributed by atoms with Crippen LogP contribution in [0.5, 0.6) is 5.75 Å². The Bertz CT molecular complexity index is 1170. The van der Waals surface area contributed by atoms with Crippen LogP contribution in [-0.2, 0) is 23.4 Å². The fourth-order valence-electron chi connectivity index (χ4n) is 3.47. The molecule has 0 saturated carbocycles. The monoisotopic (exact) mass is 525 g/mol. The summed E-state index contributed by atoms with van der Waals surface area (Å²) in [5.74, 6) is -0.464. The zero-order valence-electron chi connectivity index (χ0n) is 20.5. The first-order chi connectivity index (χ1) is 16.8. The Balaban J connectivity index is 1.82. The molecule has 2 aromatic rings. The van der Waals surface area contributed by atoms with Crippen molar-refractivity contribution in [2.24, 2.45) is 5.73 Å². The van der Waals surface area contributed by atoms with Crippen molar-refractivity contribution in [1.82, 2.24) is 14.6 Å². The van der Waals surface area contributed by atoms with E-state index < -0.39 is 55.5 Å². The molecule has 1 aliphatic heterocycles. The summed E-state index contributed by atoms with van der Waals surface area (Å²) >= 11 is 0. The molecular weight excluding hydrogens is 493 g/mol. The molecule has 2 heterocycles. The number of anilines is 1. The number of hydrogen-bond acceptors (Lipinski definition) is 11. The van der Waals surface area contributed by atoms with Crippen molar-refractivity contribution in [1.29, 1.82) is 0 Å². The first kappa shape index (κ1) is 27.8. The Labute approximate surface area is 208 Å². The Morgan fingerprint density at radius 1 is 1.33 bits per heavy atom.